The normalized spacial score (nSPS) is 23.5. The Morgan fingerprint density at radius 1 is 1.09 bits per heavy atom. The zero-order valence-electron chi connectivity index (χ0n) is 12.0. The highest BCUT2D eigenvalue weighted by atomic mass is 79.9. The van der Waals surface area contributed by atoms with E-state index in [1.165, 1.54) is 0 Å². The molecule has 110 valence electrons. The van der Waals surface area contributed by atoms with E-state index < -0.39 is 5.60 Å². The van der Waals surface area contributed by atoms with Gasteiger partial charge in [-0.15, -0.1) is 0 Å². The third-order valence-corrected chi connectivity index (χ3v) is 4.98. The largest absolute Gasteiger partial charge is 0.350 e. The summed E-state index contributed by atoms with van der Waals surface area (Å²) in [6.45, 7) is 0.401. The van der Waals surface area contributed by atoms with Crippen LogP contribution in [-0.4, -0.2) is 19.6 Å². The molecule has 1 spiro atoms. The number of carbonyl (C=O) groups is 1. The van der Waals surface area contributed by atoms with Gasteiger partial charge in [0.2, 0.25) is 5.60 Å². The van der Waals surface area contributed by atoms with Crippen LogP contribution in [0.5, 0.6) is 0 Å². The quantitative estimate of drug-likeness (QED) is 0.780. The molecule has 2 aliphatic heterocycles. The minimum absolute atomic E-state index is 0.0398. The molecule has 1 atom stereocenters. The molecule has 2 aliphatic rings. The third-order valence-electron chi connectivity index (χ3n) is 4.35. The smallest absolute Gasteiger partial charge is 0.268 e. The van der Waals surface area contributed by atoms with Crippen molar-refractivity contribution in [2.45, 2.75) is 5.60 Å². The van der Waals surface area contributed by atoms with Crippen LogP contribution in [0, 0.1) is 0 Å². The summed E-state index contributed by atoms with van der Waals surface area (Å²) in [4.78, 5) is 14.7. The van der Waals surface area contributed by atoms with Crippen molar-refractivity contribution >= 4 is 33.1 Å². The first-order chi connectivity index (χ1) is 10.7. The predicted octanol–water partition coefficient (Wildman–Crippen LogP) is 3.69. The van der Waals surface area contributed by atoms with Gasteiger partial charge in [-0.1, -0.05) is 64.5 Å². The van der Waals surface area contributed by atoms with E-state index in [1.807, 2.05) is 54.6 Å². The van der Waals surface area contributed by atoms with Gasteiger partial charge < -0.3 is 9.64 Å². The summed E-state index contributed by atoms with van der Waals surface area (Å²) in [6.07, 6.45) is 0. The van der Waals surface area contributed by atoms with Crippen LogP contribution in [0.1, 0.15) is 11.1 Å². The van der Waals surface area contributed by atoms with Crippen molar-refractivity contribution in [3.63, 3.8) is 0 Å². The van der Waals surface area contributed by atoms with Gasteiger partial charge in [0.05, 0.1) is 12.3 Å². The molecule has 0 N–H and O–H groups in total. The Balaban J connectivity index is 2.01. The summed E-state index contributed by atoms with van der Waals surface area (Å²) in [6, 6.07) is 17.8. The van der Waals surface area contributed by atoms with Crippen molar-refractivity contribution in [2.75, 3.05) is 18.6 Å². The lowest BCUT2D eigenvalue weighted by atomic mass is 9.84. The highest BCUT2D eigenvalue weighted by Crippen LogP contribution is 2.54. The average molecular weight is 356 g/mol. The lowest BCUT2D eigenvalue weighted by Gasteiger charge is -2.26. The second-order valence-electron chi connectivity index (χ2n) is 5.50. The molecule has 4 rings (SSSR count). The zero-order chi connectivity index (χ0) is 15.3. The van der Waals surface area contributed by atoms with E-state index in [4.69, 9.17) is 4.74 Å². The molecule has 2 aromatic carbocycles. The fraction of sp³-hybridized carbons (Fsp3) is 0.167. The van der Waals surface area contributed by atoms with Crippen LogP contribution in [0.25, 0.3) is 5.57 Å². The summed E-state index contributed by atoms with van der Waals surface area (Å²) < 4.78 is 7.01. The standard InChI is InChI=1S/C18H14BrNO2/c1-20-15-10-6-5-9-13(15)18(17(20)21)16(14(19)11-22-18)12-7-3-2-4-8-12/h2-10H,11H2,1H3. The van der Waals surface area contributed by atoms with Crippen LogP contribution in [0.4, 0.5) is 5.69 Å². The van der Waals surface area contributed by atoms with Gasteiger partial charge in [-0.05, 0) is 11.6 Å². The summed E-state index contributed by atoms with van der Waals surface area (Å²) in [5.74, 6) is -0.0398. The number of nitrogens with zero attached hydrogens (tertiary/aromatic N) is 1. The number of halogens is 1. The lowest BCUT2D eigenvalue weighted by Crippen LogP contribution is -2.39. The number of anilines is 1. The first-order valence-electron chi connectivity index (χ1n) is 7.12. The molecule has 0 saturated heterocycles. The molecular formula is C18H14BrNO2. The molecule has 4 heteroatoms. The number of likely N-dealkylation sites (N-methyl/N-ethyl adjacent to an activating group) is 1. The number of rotatable bonds is 1. The van der Waals surface area contributed by atoms with Gasteiger partial charge in [0.1, 0.15) is 0 Å². The maximum Gasteiger partial charge on any atom is 0.268 e. The Kier molecular flexibility index (Phi) is 2.99. The molecule has 1 unspecified atom stereocenters. The first kappa shape index (κ1) is 13.7. The molecule has 0 bridgehead atoms. The van der Waals surface area contributed by atoms with E-state index in [0.29, 0.717) is 6.61 Å². The van der Waals surface area contributed by atoms with Crippen LogP contribution in [-0.2, 0) is 15.1 Å². The van der Waals surface area contributed by atoms with Gasteiger partial charge in [-0.3, -0.25) is 4.79 Å². The summed E-state index contributed by atoms with van der Waals surface area (Å²) in [5, 5.41) is 0. The Labute approximate surface area is 137 Å². The molecule has 22 heavy (non-hydrogen) atoms. The highest BCUT2D eigenvalue weighted by molar-refractivity contribution is 9.11. The summed E-state index contributed by atoms with van der Waals surface area (Å²) in [5.41, 5.74) is 2.70. The first-order valence-corrected chi connectivity index (χ1v) is 7.91. The average Bonchev–Trinajstić information content (AvgIpc) is 3.01. The number of hydrogen-bond acceptors (Lipinski definition) is 2. The van der Waals surface area contributed by atoms with Crippen molar-refractivity contribution in [3.8, 4) is 0 Å². The van der Waals surface area contributed by atoms with E-state index in [9.17, 15) is 4.79 Å². The maximum absolute atomic E-state index is 13.1. The molecule has 0 aromatic heterocycles. The molecule has 0 fully saturated rings. The van der Waals surface area contributed by atoms with Gasteiger partial charge in [-0.2, -0.15) is 0 Å². The molecule has 0 radical (unpaired) electrons. The Bertz CT molecular complexity index is 800. The topological polar surface area (TPSA) is 29.5 Å². The molecule has 2 heterocycles. The monoisotopic (exact) mass is 355 g/mol. The number of carbonyl (C=O) groups excluding carboxylic acids is 1. The SMILES string of the molecule is CN1C(=O)C2(OCC(Br)=C2c2ccccc2)c2ccccc21. The van der Waals surface area contributed by atoms with Crippen LogP contribution < -0.4 is 4.90 Å². The van der Waals surface area contributed by atoms with Crippen molar-refractivity contribution in [1.82, 2.24) is 0 Å². The van der Waals surface area contributed by atoms with Gasteiger partial charge in [0, 0.05) is 22.7 Å². The number of benzene rings is 2. The fourth-order valence-corrected chi connectivity index (χ4v) is 4.00. The highest BCUT2D eigenvalue weighted by Gasteiger charge is 2.57. The van der Waals surface area contributed by atoms with Gasteiger partial charge >= 0.3 is 0 Å². The maximum atomic E-state index is 13.1. The van der Waals surface area contributed by atoms with Crippen molar-refractivity contribution in [2.24, 2.45) is 0 Å². The fourth-order valence-electron chi connectivity index (χ4n) is 3.38. The molecule has 1 amide bonds. The van der Waals surface area contributed by atoms with E-state index in [-0.39, 0.29) is 5.91 Å². The molecule has 2 aromatic rings. The summed E-state index contributed by atoms with van der Waals surface area (Å²) >= 11 is 3.61. The van der Waals surface area contributed by atoms with E-state index >= 15 is 0 Å². The lowest BCUT2D eigenvalue weighted by molar-refractivity contribution is -0.133. The minimum atomic E-state index is -1.04. The number of fused-ring (bicyclic) bond motifs is 2. The Morgan fingerprint density at radius 2 is 1.77 bits per heavy atom. The van der Waals surface area contributed by atoms with E-state index in [2.05, 4.69) is 15.9 Å². The van der Waals surface area contributed by atoms with Crippen LogP contribution in [0.2, 0.25) is 0 Å². The van der Waals surface area contributed by atoms with Gasteiger partial charge in [0.15, 0.2) is 0 Å². The zero-order valence-corrected chi connectivity index (χ0v) is 13.6. The van der Waals surface area contributed by atoms with Crippen LogP contribution >= 0.6 is 15.9 Å². The molecule has 3 nitrogen and oxygen atoms in total. The number of ether oxygens (including phenoxy) is 1. The number of amides is 1. The van der Waals surface area contributed by atoms with Crippen LogP contribution in [0.15, 0.2) is 59.1 Å². The van der Waals surface area contributed by atoms with E-state index in [0.717, 1.165) is 26.9 Å². The number of hydrogen-bond donors (Lipinski definition) is 0. The second-order valence-corrected chi connectivity index (χ2v) is 6.45. The van der Waals surface area contributed by atoms with E-state index in [1.54, 1.807) is 11.9 Å². The minimum Gasteiger partial charge on any atom is -0.350 e. The number of para-hydroxylation sites is 1. The Morgan fingerprint density at radius 3 is 2.55 bits per heavy atom. The van der Waals surface area contributed by atoms with Gasteiger partial charge in [0.25, 0.3) is 5.91 Å². The third kappa shape index (κ3) is 1.62. The predicted molar refractivity (Wildman–Crippen MR) is 89.8 cm³/mol. The van der Waals surface area contributed by atoms with Crippen molar-refractivity contribution in [1.29, 1.82) is 0 Å². The van der Waals surface area contributed by atoms with Crippen molar-refractivity contribution in [3.05, 3.63) is 70.2 Å². The summed E-state index contributed by atoms with van der Waals surface area (Å²) in [7, 11) is 1.80. The Hall–Kier alpha value is -1.91. The molecule has 0 aliphatic carbocycles. The second kappa shape index (κ2) is 4.80. The van der Waals surface area contributed by atoms with Gasteiger partial charge in [-0.25, -0.2) is 0 Å². The molecule has 0 saturated carbocycles. The van der Waals surface area contributed by atoms with Crippen molar-refractivity contribution < 1.29 is 9.53 Å². The molecular weight excluding hydrogens is 342 g/mol. The van der Waals surface area contributed by atoms with Crippen LogP contribution in [0.3, 0.4) is 0 Å².